The zero-order chi connectivity index (χ0) is 17.1. The van der Waals surface area contributed by atoms with Crippen LogP contribution < -0.4 is 0 Å². The van der Waals surface area contributed by atoms with E-state index >= 15 is 0 Å². The van der Waals surface area contributed by atoms with Crippen LogP contribution in [0.4, 0.5) is 0 Å². The van der Waals surface area contributed by atoms with Gasteiger partial charge >= 0.3 is 0 Å². The molecule has 0 spiro atoms. The fourth-order valence-electron chi connectivity index (χ4n) is 3.09. The average Bonchev–Trinajstić information content (AvgIpc) is 2.95. The van der Waals surface area contributed by atoms with Gasteiger partial charge in [-0.05, 0) is 24.6 Å². The minimum Gasteiger partial charge on any atom is -0.309 e. The fraction of sp³-hybridized carbons (Fsp3) is 0.0435. The molecule has 0 aliphatic carbocycles. The van der Waals surface area contributed by atoms with E-state index in [-0.39, 0.29) is 0 Å². The Labute approximate surface area is 143 Å². The van der Waals surface area contributed by atoms with E-state index in [0.29, 0.717) is 0 Å². The maximum Gasteiger partial charge on any atom is 0.0615 e. The van der Waals surface area contributed by atoms with Gasteiger partial charge in [-0.25, -0.2) is 0 Å². The normalized spacial score (nSPS) is 12.1. The Balaban J connectivity index is 2.42. The Morgan fingerprint density at radius 3 is 2.46 bits per heavy atom. The van der Waals surface area contributed by atoms with Crippen molar-refractivity contribution in [2.24, 2.45) is 0 Å². The molecule has 0 bridgehead atoms. The SMILES string of the molecule is C=C/C=C\C=C(/C)c1cccc2c3ccccc3n(C(=C)C=C)c12. The third-order valence-corrected chi connectivity index (χ3v) is 4.24. The van der Waals surface area contributed by atoms with Gasteiger partial charge in [0.2, 0.25) is 0 Å². The number of para-hydroxylation sites is 2. The zero-order valence-corrected chi connectivity index (χ0v) is 14.0. The van der Waals surface area contributed by atoms with Gasteiger partial charge in [0.15, 0.2) is 0 Å². The van der Waals surface area contributed by atoms with Crippen LogP contribution in [0.1, 0.15) is 12.5 Å². The molecule has 0 aliphatic rings. The molecule has 3 aromatic rings. The van der Waals surface area contributed by atoms with Crippen LogP contribution in [0.2, 0.25) is 0 Å². The third kappa shape index (κ3) is 2.55. The van der Waals surface area contributed by atoms with Crippen molar-refractivity contribution < 1.29 is 0 Å². The molecule has 0 amide bonds. The van der Waals surface area contributed by atoms with Crippen LogP contribution in [0.15, 0.2) is 92.6 Å². The smallest absolute Gasteiger partial charge is 0.0615 e. The van der Waals surface area contributed by atoms with E-state index in [1.165, 1.54) is 27.4 Å². The molecule has 1 nitrogen and oxygen atoms in total. The third-order valence-electron chi connectivity index (χ3n) is 4.24. The van der Waals surface area contributed by atoms with E-state index in [1.807, 2.05) is 12.2 Å². The van der Waals surface area contributed by atoms with Crippen molar-refractivity contribution in [3.63, 3.8) is 0 Å². The number of rotatable bonds is 5. The molecule has 118 valence electrons. The van der Waals surface area contributed by atoms with Crippen LogP contribution in [-0.2, 0) is 0 Å². The molecule has 0 fully saturated rings. The predicted octanol–water partition coefficient (Wildman–Crippen LogP) is 6.60. The lowest BCUT2D eigenvalue weighted by Gasteiger charge is -2.11. The fourth-order valence-corrected chi connectivity index (χ4v) is 3.09. The van der Waals surface area contributed by atoms with Crippen LogP contribution in [-0.4, -0.2) is 4.57 Å². The highest BCUT2D eigenvalue weighted by Crippen LogP contribution is 2.35. The molecular formula is C23H21N. The molecule has 0 unspecified atom stereocenters. The van der Waals surface area contributed by atoms with Gasteiger partial charge in [-0.3, -0.25) is 0 Å². The van der Waals surface area contributed by atoms with E-state index < -0.39 is 0 Å². The minimum absolute atomic E-state index is 0.878. The number of benzene rings is 2. The maximum atomic E-state index is 4.19. The van der Waals surface area contributed by atoms with Crippen molar-refractivity contribution in [2.45, 2.75) is 6.92 Å². The molecule has 3 rings (SSSR count). The van der Waals surface area contributed by atoms with Gasteiger partial charge in [-0.1, -0.05) is 80.4 Å². The number of allylic oxidation sites excluding steroid dienone is 7. The van der Waals surface area contributed by atoms with Crippen molar-refractivity contribution in [3.8, 4) is 0 Å². The monoisotopic (exact) mass is 311 g/mol. The summed E-state index contributed by atoms with van der Waals surface area (Å²) in [7, 11) is 0. The zero-order valence-electron chi connectivity index (χ0n) is 14.0. The van der Waals surface area contributed by atoms with E-state index in [1.54, 1.807) is 12.2 Å². The maximum absolute atomic E-state index is 4.19. The summed E-state index contributed by atoms with van der Waals surface area (Å²) in [4.78, 5) is 0. The first kappa shape index (κ1) is 15.8. The lowest BCUT2D eigenvalue weighted by Crippen LogP contribution is -1.95. The number of hydrogen-bond donors (Lipinski definition) is 0. The molecule has 2 aromatic carbocycles. The average molecular weight is 311 g/mol. The van der Waals surface area contributed by atoms with Crippen LogP contribution in [0, 0.1) is 0 Å². The molecular weight excluding hydrogens is 290 g/mol. The molecule has 0 atom stereocenters. The Morgan fingerprint density at radius 1 is 0.958 bits per heavy atom. The number of aromatic nitrogens is 1. The van der Waals surface area contributed by atoms with Crippen LogP contribution in [0.5, 0.6) is 0 Å². The first-order valence-electron chi connectivity index (χ1n) is 7.99. The molecule has 24 heavy (non-hydrogen) atoms. The van der Waals surface area contributed by atoms with Gasteiger partial charge in [0, 0.05) is 22.0 Å². The summed E-state index contributed by atoms with van der Waals surface area (Å²) in [5, 5.41) is 2.46. The molecule has 1 heterocycles. The summed E-state index contributed by atoms with van der Waals surface area (Å²) in [6.45, 7) is 13.9. The second-order valence-corrected chi connectivity index (χ2v) is 5.72. The number of hydrogen-bond acceptors (Lipinski definition) is 0. The van der Waals surface area contributed by atoms with Crippen molar-refractivity contribution >= 4 is 33.1 Å². The van der Waals surface area contributed by atoms with Crippen LogP contribution in [0.3, 0.4) is 0 Å². The van der Waals surface area contributed by atoms with Gasteiger partial charge in [0.1, 0.15) is 0 Å². The van der Waals surface area contributed by atoms with E-state index in [2.05, 4.69) is 79.8 Å². The molecule has 0 saturated carbocycles. The number of nitrogens with zero attached hydrogens (tertiary/aromatic N) is 1. The molecule has 0 N–H and O–H groups in total. The summed E-state index contributed by atoms with van der Waals surface area (Å²) in [6.07, 6.45) is 9.63. The molecule has 0 radical (unpaired) electrons. The summed E-state index contributed by atoms with van der Waals surface area (Å²) in [5.41, 5.74) is 5.59. The molecule has 1 heteroatoms. The lowest BCUT2D eigenvalue weighted by molar-refractivity contribution is 1.24. The summed E-state index contributed by atoms with van der Waals surface area (Å²) < 4.78 is 2.20. The van der Waals surface area contributed by atoms with Gasteiger partial charge in [0.25, 0.3) is 0 Å². The Bertz CT molecular complexity index is 1010. The quantitative estimate of drug-likeness (QED) is 0.468. The molecule has 1 aromatic heterocycles. The van der Waals surface area contributed by atoms with Gasteiger partial charge in [-0.2, -0.15) is 0 Å². The topological polar surface area (TPSA) is 4.93 Å². The standard InChI is InChI=1S/C23H21N/c1-5-7-8-12-17(3)19-14-11-15-21-20-13-9-10-16-22(20)24(23(19)21)18(4)6-2/h5-16H,1-2,4H2,3H3/b8-7-,17-12+. The van der Waals surface area contributed by atoms with Crippen molar-refractivity contribution in [2.75, 3.05) is 0 Å². The molecule has 0 saturated heterocycles. The minimum atomic E-state index is 0.878. The Hall–Kier alpha value is -3.06. The second kappa shape index (κ2) is 6.59. The second-order valence-electron chi connectivity index (χ2n) is 5.72. The van der Waals surface area contributed by atoms with Gasteiger partial charge < -0.3 is 4.57 Å². The van der Waals surface area contributed by atoms with E-state index in [9.17, 15) is 0 Å². The van der Waals surface area contributed by atoms with Gasteiger partial charge in [0.05, 0.1) is 11.0 Å². The predicted molar refractivity (Wildman–Crippen MR) is 108 cm³/mol. The number of fused-ring (bicyclic) bond motifs is 3. The first-order chi connectivity index (χ1) is 11.7. The summed E-state index contributed by atoms with van der Waals surface area (Å²) >= 11 is 0. The van der Waals surface area contributed by atoms with Crippen LogP contribution in [0.25, 0.3) is 33.1 Å². The first-order valence-corrected chi connectivity index (χ1v) is 7.99. The highest BCUT2D eigenvalue weighted by molar-refractivity contribution is 6.13. The summed E-state index contributed by atoms with van der Waals surface area (Å²) in [6, 6.07) is 14.9. The van der Waals surface area contributed by atoms with Crippen LogP contribution >= 0.6 is 0 Å². The Morgan fingerprint density at radius 2 is 1.71 bits per heavy atom. The van der Waals surface area contributed by atoms with E-state index in [0.717, 1.165) is 11.2 Å². The summed E-state index contributed by atoms with van der Waals surface area (Å²) in [5.74, 6) is 0. The van der Waals surface area contributed by atoms with Gasteiger partial charge in [-0.15, -0.1) is 0 Å². The highest BCUT2D eigenvalue weighted by atomic mass is 15.0. The van der Waals surface area contributed by atoms with Crippen molar-refractivity contribution in [1.29, 1.82) is 0 Å². The lowest BCUT2D eigenvalue weighted by atomic mass is 10.0. The molecule has 0 aliphatic heterocycles. The largest absolute Gasteiger partial charge is 0.309 e. The Kier molecular flexibility index (Phi) is 4.35. The highest BCUT2D eigenvalue weighted by Gasteiger charge is 2.14. The van der Waals surface area contributed by atoms with Crippen molar-refractivity contribution in [3.05, 3.63) is 98.1 Å². The van der Waals surface area contributed by atoms with Crippen molar-refractivity contribution in [1.82, 2.24) is 4.57 Å². The van der Waals surface area contributed by atoms with E-state index in [4.69, 9.17) is 0 Å².